The van der Waals surface area contributed by atoms with Crippen molar-refractivity contribution in [2.45, 2.75) is 161 Å². The molecule has 11 heteroatoms. The van der Waals surface area contributed by atoms with E-state index in [0.29, 0.717) is 25.0 Å². The maximum atomic E-state index is 12.6. The molecule has 1 fully saturated rings. The van der Waals surface area contributed by atoms with Gasteiger partial charge in [-0.2, -0.15) is 0 Å². The molecule has 0 aromatic heterocycles. The van der Waals surface area contributed by atoms with Crippen LogP contribution in [0.3, 0.4) is 0 Å². The Kier molecular flexibility index (Phi) is 36.2. The summed E-state index contributed by atoms with van der Waals surface area (Å²) < 4.78 is 38.4. The number of hydrogen-bond donors (Lipinski definition) is 2. The molecule has 0 spiro atoms. The van der Waals surface area contributed by atoms with Crippen molar-refractivity contribution in [3.05, 3.63) is 109 Å². The highest BCUT2D eigenvalue weighted by molar-refractivity contribution is 7.47. The molecule has 3 unspecified atom stereocenters. The maximum absolute atomic E-state index is 12.6. The third-order valence-corrected chi connectivity index (χ3v) is 10.0. The number of phosphoric ester groups is 1. The summed E-state index contributed by atoms with van der Waals surface area (Å²) in [5, 5.41) is 0. The number of epoxide rings is 1. The van der Waals surface area contributed by atoms with Crippen LogP contribution in [-0.2, 0) is 37.4 Å². The second-order valence-corrected chi connectivity index (χ2v) is 16.0. The molecular formula is C49H78NO9P. The standard InChI is InChI=1S/C49H78NO9P/c1-3-5-7-8-9-10-11-12-13-14-15-16-17-18-22-25-28-31-35-39-48(51)55-43-45(44-57-60(53,54)56-42-41-50)58-49(52)40-36-32-29-26-23-20-19-21-24-27-30-34-38-47-46(59-47)37-33-6-4-2/h6,9-10,12-13,15-16,18,20-24,29-30,32-34,45-47H,3-5,7-8,11,14,17,19,25-28,31,35-44,50H2,1-2H3,(H,53,54)/b10-9-,13-12-,16-15-,22-18-,23-20-,24-21-,32-29-,33-6-,34-30-/t45-,46?,47?/m1/s1. The van der Waals surface area contributed by atoms with E-state index in [2.05, 4.69) is 111 Å². The third kappa shape index (κ3) is 36.5. The molecule has 338 valence electrons. The van der Waals surface area contributed by atoms with Gasteiger partial charge in [-0.3, -0.25) is 18.6 Å². The Hall–Kier alpha value is -3.37. The van der Waals surface area contributed by atoms with Crippen LogP contribution in [0.1, 0.15) is 142 Å². The summed E-state index contributed by atoms with van der Waals surface area (Å²) >= 11 is 0. The summed E-state index contributed by atoms with van der Waals surface area (Å²) in [5.41, 5.74) is 5.34. The average molecular weight is 856 g/mol. The Morgan fingerprint density at radius 2 is 1.10 bits per heavy atom. The molecule has 60 heavy (non-hydrogen) atoms. The molecule has 0 aliphatic carbocycles. The number of esters is 2. The Morgan fingerprint density at radius 3 is 1.63 bits per heavy atom. The van der Waals surface area contributed by atoms with E-state index in [-0.39, 0.29) is 32.6 Å². The van der Waals surface area contributed by atoms with Crippen molar-refractivity contribution in [2.75, 3.05) is 26.4 Å². The van der Waals surface area contributed by atoms with Crippen molar-refractivity contribution in [3.63, 3.8) is 0 Å². The van der Waals surface area contributed by atoms with Crippen LogP contribution in [0.2, 0.25) is 0 Å². The van der Waals surface area contributed by atoms with Crippen molar-refractivity contribution in [1.29, 1.82) is 0 Å². The molecule has 3 N–H and O–H groups in total. The Bertz CT molecular complexity index is 1410. The SMILES string of the molecule is CC/C=C\CC1OC1C/C=C\C/C=C\C/C=C\C/C=C\CCC(=O)O[C@H](COC(=O)CCCCC/C=C\C/C=C\C/C=C\C/C=C\CCCCC)COP(=O)(O)OCCN. The van der Waals surface area contributed by atoms with Gasteiger partial charge in [-0.25, -0.2) is 4.57 Å². The fourth-order valence-corrected chi connectivity index (χ4v) is 6.39. The van der Waals surface area contributed by atoms with Crippen LogP contribution in [0, 0.1) is 0 Å². The number of carbonyl (C=O) groups excluding carboxylic acids is 2. The normalized spacial score (nSPS) is 17.7. The van der Waals surface area contributed by atoms with E-state index in [4.69, 9.17) is 29.0 Å². The van der Waals surface area contributed by atoms with Crippen molar-refractivity contribution in [1.82, 2.24) is 0 Å². The summed E-state index contributed by atoms with van der Waals surface area (Å²) in [6, 6.07) is 0. The van der Waals surface area contributed by atoms with E-state index >= 15 is 0 Å². The van der Waals surface area contributed by atoms with Crippen LogP contribution < -0.4 is 5.73 Å². The zero-order chi connectivity index (χ0) is 43.6. The van der Waals surface area contributed by atoms with E-state index in [1.54, 1.807) is 0 Å². The molecule has 0 radical (unpaired) electrons. The van der Waals surface area contributed by atoms with Gasteiger partial charge in [0.15, 0.2) is 6.10 Å². The highest BCUT2D eigenvalue weighted by atomic mass is 31.2. The quantitative estimate of drug-likeness (QED) is 0.0201. The van der Waals surface area contributed by atoms with Crippen molar-refractivity contribution >= 4 is 19.8 Å². The molecule has 0 aromatic carbocycles. The summed E-state index contributed by atoms with van der Waals surface area (Å²) in [6.07, 6.45) is 56.0. The van der Waals surface area contributed by atoms with Gasteiger partial charge in [0.25, 0.3) is 0 Å². The lowest BCUT2D eigenvalue weighted by molar-refractivity contribution is -0.161. The number of nitrogens with two attached hydrogens (primary N) is 1. The molecule has 0 bridgehead atoms. The molecule has 0 saturated carbocycles. The first-order valence-electron chi connectivity index (χ1n) is 22.5. The summed E-state index contributed by atoms with van der Waals surface area (Å²) in [6.45, 7) is 3.43. The smallest absolute Gasteiger partial charge is 0.462 e. The molecule has 0 aromatic rings. The van der Waals surface area contributed by atoms with E-state index in [1.807, 2.05) is 12.2 Å². The topological polar surface area (TPSA) is 147 Å². The number of ether oxygens (including phenoxy) is 3. The molecule has 1 rings (SSSR count). The van der Waals surface area contributed by atoms with Crippen molar-refractivity contribution in [3.8, 4) is 0 Å². The second-order valence-electron chi connectivity index (χ2n) is 14.6. The van der Waals surface area contributed by atoms with Gasteiger partial charge < -0.3 is 24.8 Å². The summed E-state index contributed by atoms with van der Waals surface area (Å²) in [4.78, 5) is 34.9. The molecule has 1 heterocycles. The van der Waals surface area contributed by atoms with E-state index < -0.39 is 32.5 Å². The van der Waals surface area contributed by atoms with Gasteiger partial charge >= 0.3 is 19.8 Å². The highest BCUT2D eigenvalue weighted by Crippen LogP contribution is 2.43. The zero-order valence-electron chi connectivity index (χ0n) is 36.8. The molecule has 10 nitrogen and oxygen atoms in total. The second kappa shape index (κ2) is 39.7. The number of unbranched alkanes of at least 4 members (excludes halogenated alkanes) is 6. The average Bonchev–Trinajstić information content (AvgIpc) is 3.99. The summed E-state index contributed by atoms with van der Waals surface area (Å²) in [7, 11) is -4.42. The van der Waals surface area contributed by atoms with Gasteiger partial charge in [0.1, 0.15) is 6.61 Å². The fourth-order valence-electron chi connectivity index (χ4n) is 5.62. The van der Waals surface area contributed by atoms with Crippen molar-refractivity contribution < 1.29 is 42.3 Å². The molecule has 1 aliphatic rings. The lowest BCUT2D eigenvalue weighted by Gasteiger charge is -2.19. The molecule has 1 saturated heterocycles. The van der Waals surface area contributed by atoms with Gasteiger partial charge in [0, 0.05) is 19.4 Å². The number of rotatable bonds is 39. The largest absolute Gasteiger partial charge is 0.472 e. The van der Waals surface area contributed by atoms with Gasteiger partial charge in [0.2, 0.25) is 0 Å². The van der Waals surface area contributed by atoms with Crippen LogP contribution in [0.15, 0.2) is 109 Å². The van der Waals surface area contributed by atoms with Gasteiger partial charge in [0.05, 0.1) is 25.4 Å². The number of hydrogen-bond acceptors (Lipinski definition) is 9. The zero-order valence-corrected chi connectivity index (χ0v) is 37.7. The Morgan fingerprint density at radius 1 is 0.600 bits per heavy atom. The van der Waals surface area contributed by atoms with Gasteiger partial charge in [-0.1, -0.05) is 142 Å². The molecular weight excluding hydrogens is 778 g/mol. The molecule has 4 atom stereocenters. The first-order chi connectivity index (χ1) is 29.3. The predicted octanol–water partition coefficient (Wildman–Crippen LogP) is 12.1. The predicted molar refractivity (Wildman–Crippen MR) is 246 cm³/mol. The van der Waals surface area contributed by atoms with E-state index in [1.165, 1.54) is 25.7 Å². The van der Waals surface area contributed by atoms with Gasteiger partial charge in [-0.15, -0.1) is 0 Å². The summed E-state index contributed by atoms with van der Waals surface area (Å²) in [5.74, 6) is -0.979. The first-order valence-corrected chi connectivity index (χ1v) is 24.0. The lowest BCUT2D eigenvalue weighted by Crippen LogP contribution is -2.29. The maximum Gasteiger partial charge on any atom is 0.472 e. The number of phosphoric acid groups is 1. The highest BCUT2D eigenvalue weighted by Gasteiger charge is 2.36. The minimum absolute atomic E-state index is 0.0289. The van der Waals surface area contributed by atoms with E-state index in [9.17, 15) is 19.0 Å². The molecule has 0 amide bonds. The van der Waals surface area contributed by atoms with E-state index in [0.717, 1.165) is 77.0 Å². The minimum Gasteiger partial charge on any atom is -0.462 e. The van der Waals surface area contributed by atoms with Gasteiger partial charge in [-0.05, 0) is 96.3 Å². The number of carbonyl (C=O) groups is 2. The van der Waals surface area contributed by atoms with Crippen LogP contribution in [-0.4, -0.2) is 61.5 Å². The van der Waals surface area contributed by atoms with Crippen molar-refractivity contribution in [2.24, 2.45) is 5.73 Å². The fraction of sp³-hybridized carbons (Fsp3) is 0.592. The Labute approximate surface area is 363 Å². The minimum atomic E-state index is -4.42. The molecule has 1 aliphatic heterocycles. The van der Waals surface area contributed by atoms with Crippen LogP contribution in [0.4, 0.5) is 0 Å². The van der Waals surface area contributed by atoms with Crippen LogP contribution >= 0.6 is 7.82 Å². The monoisotopic (exact) mass is 856 g/mol. The Balaban J connectivity index is 2.26. The lowest BCUT2D eigenvalue weighted by atomic mass is 10.1. The van der Waals surface area contributed by atoms with Crippen LogP contribution in [0.25, 0.3) is 0 Å². The first kappa shape index (κ1) is 54.6. The third-order valence-electron chi connectivity index (χ3n) is 9.06. The van der Waals surface area contributed by atoms with Crippen LogP contribution in [0.5, 0.6) is 0 Å². The number of allylic oxidation sites excluding steroid dienone is 16.